The van der Waals surface area contributed by atoms with E-state index in [1.165, 1.54) is 18.0 Å². The standard InChI is InChI=1S/C6H8N4S2/c1-12-6-9-2-3(5(8)11)4(7)10-6/h2H,1H3,(H2,8,11)(H2,7,9,10). The number of rotatable bonds is 2. The maximum Gasteiger partial charge on any atom is 0.189 e. The van der Waals surface area contributed by atoms with E-state index >= 15 is 0 Å². The minimum Gasteiger partial charge on any atom is -0.389 e. The Kier molecular flexibility index (Phi) is 2.83. The maximum atomic E-state index is 5.57. The van der Waals surface area contributed by atoms with Gasteiger partial charge in [0.05, 0.1) is 5.56 Å². The molecular weight excluding hydrogens is 192 g/mol. The van der Waals surface area contributed by atoms with Gasteiger partial charge < -0.3 is 11.5 Å². The first kappa shape index (κ1) is 9.21. The molecule has 1 heterocycles. The lowest BCUT2D eigenvalue weighted by atomic mass is 10.3. The van der Waals surface area contributed by atoms with E-state index in [4.69, 9.17) is 23.7 Å². The van der Waals surface area contributed by atoms with E-state index < -0.39 is 0 Å². The largest absolute Gasteiger partial charge is 0.389 e. The third-order valence-corrected chi connectivity index (χ3v) is 2.03. The summed E-state index contributed by atoms with van der Waals surface area (Å²) in [7, 11) is 0. The number of hydrogen-bond donors (Lipinski definition) is 2. The van der Waals surface area contributed by atoms with E-state index in [0.29, 0.717) is 16.5 Å². The van der Waals surface area contributed by atoms with Crippen LogP contribution in [0.2, 0.25) is 0 Å². The van der Waals surface area contributed by atoms with Crippen LogP contribution in [-0.4, -0.2) is 21.2 Å². The van der Waals surface area contributed by atoms with Gasteiger partial charge in [0, 0.05) is 6.20 Å². The number of nitrogens with two attached hydrogens (primary N) is 2. The zero-order chi connectivity index (χ0) is 9.14. The van der Waals surface area contributed by atoms with Crippen LogP contribution in [0.1, 0.15) is 5.56 Å². The lowest BCUT2D eigenvalue weighted by Gasteiger charge is -2.02. The highest BCUT2D eigenvalue weighted by Crippen LogP contribution is 2.12. The van der Waals surface area contributed by atoms with Crippen LogP contribution in [0.5, 0.6) is 0 Å². The Morgan fingerprint density at radius 3 is 2.75 bits per heavy atom. The minimum atomic E-state index is 0.222. The van der Waals surface area contributed by atoms with Crippen LogP contribution >= 0.6 is 24.0 Å². The summed E-state index contributed by atoms with van der Waals surface area (Å²) in [5.41, 5.74) is 11.5. The quantitative estimate of drug-likeness (QED) is 0.409. The second kappa shape index (κ2) is 3.68. The molecule has 0 aliphatic heterocycles. The molecule has 4 N–H and O–H groups in total. The monoisotopic (exact) mass is 200 g/mol. The number of hydrogen-bond acceptors (Lipinski definition) is 5. The smallest absolute Gasteiger partial charge is 0.189 e. The van der Waals surface area contributed by atoms with Gasteiger partial charge in [0.15, 0.2) is 5.16 Å². The van der Waals surface area contributed by atoms with Crippen LogP contribution in [0.4, 0.5) is 5.82 Å². The summed E-state index contributed by atoms with van der Waals surface area (Å²) in [4.78, 5) is 8.18. The normalized spacial score (nSPS) is 9.75. The van der Waals surface area contributed by atoms with Crippen molar-refractivity contribution in [1.29, 1.82) is 0 Å². The fourth-order valence-electron chi connectivity index (χ4n) is 0.666. The summed E-state index contributed by atoms with van der Waals surface area (Å²) in [6, 6.07) is 0. The fourth-order valence-corrected chi connectivity index (χ4v) is 1.17. The summed E-state index contributed by atoms with van der Waals surface area (Å²) in [6.07, 6.45) is 3.41. The number of anilines is 1. The molecule has 0 unspecified atom stereocenters. The second-order valence-corrected chi connectivity index (χ2v) is 3.23. The molecule has 0 radical (unpaired) electrons. The molecule has 1 rings (SSSR count). The van der Waals surface area contributed by atoms with Crippen LogP contribution in [-0.2, 0) is 0 Å². The van der Waals surface area contributed by atoms with E-state index in [0.717, 1.165) is 0 Å². The van der Waals surface area contributed by atoms with Gasteiger partial charge in [-0.25, -0.2) is 9.97 Å². The predicted molar refractivity (Wildman–Crippen MR) is 54.1 cm³/mol. The van der Waals surface area contributed by atoms with Crippen molar-refractivity contribution in [3.8, 4) is 0 Å². The highest BCUT2D eigenvalue weighted by molar-refractivity contribution is 7.98. The zero-order valence-electron chi connectivity index (χ0n) is 6.44. The van der Waals surface area contributed by atoms with Gasteiger partial charge in [-0.05, 0) is 6.26 Å². The number of aromatic nitrogens is 2. The Labute approximate surface area is 79.8 Å². The number of nitrogen functional groups attached to an aromatic ring is 1. The molecule has 1 aromatic heterocycles. The van der Waals surface area contributed by atoms with Gasteiger partial charge in [-0.2, -0.15) is 0 Å². The lowest BCUT2D eigenvalue weighted by Crippen LogP contribution is -2.14. The van der Waals surface area contributed by atoms with Crippen LogP contribution in [0.25, 0.3) is 0 Å². The Hall–Kier alpha value is -0.880. The first-order chi connectivity index (χ1) is 5.65. The van der Waals surface area contributed by atoms with Gasteiger partial charge in [0.1, 0.15) is 10.8 Å². The van der Waals surface area contributed by atoms with Crippen LogP contribution in [0.15, 0.2) is 11.4 Å². The van der Waals surface area contributed by atoms with E-state index in [9.17, 15) is 0 Å². The van der Waals surface area contributed by atoms with Crippen molar-refractivity contribution in [2.45, 2.75) is 5.16 Å². The highest BCUT2D eigenvalue weighted by Gasteiger charge is 2.04. The van der Waals surface area contributed by atoms with E-state index in [-0.39, 0.29) is 4.99 Å². The molecule has 0 aromatic carbocycles. The van der Waals surface area contributed by atoms with Crippen molar-refractivity contribution in [2.24, 2.45) is 5.73 Å². The molecule has 4 nitrogen and oxygen atoms in total. The Bertz CT molecular complexity index is 312. The summed E-state index contributed by atoms with van der Waals surface area (Å²) in [5.74, 6) is 0.335. The topological polar surface area (TPSA) is 77.8 Å². The van der Waals surface area contributed by atoms with Gasteiger partial charge >= 0.3 is 0 Å². The van der Waals surface area contributed by atoms with Gasteiger partial charge in [-0.15, -0.1) is 0 Å². The van der Waals surface area contributed by atoms with E-state index in [2.05, 4.69) is 9.97 Å². The second-order valence-electron chi connectivity index (χ2n) is 2.02. The average Bonchev–Trinajstić information content (AvgIpc) is 2.03. The van der Waals surface area contributed by atoms with Gasteiger partial charge in [-0.3, -0.25) is 0 Å². The SMILES string of the molecule is CSc1ncc(C(N)=S)c(N)n1. The lowest BCUT2D eigenvalue weighted by molar-refractivity contribution is 0.975. The summed E-state index contributed by atoms with van der Waals surface area (Å²) >= 11 is 6.16. The molecule has 0 amide bonds. The molecule has 64 valence electrons. The molecule has 0 atom stereocenters. The first-order valence-electron chi connectivity index (χ1n) is 3.11. The molecular formula is C6H8N4S2. The molecule has 0 fully saturated rings. The molecule has 0 saturated carbocycles. The van der Waals surface area contributed by atoms with Crippen molar-refractivity contribution >= 4 is 34.8 Å². The van der Waals surface area contributed by atoms with Crippen molar-refractivity contribution in [3.05, 3.63) is 11.8 Å². The minimum absolute atomic E-state index is 0.222. The molecule has 0 aliphatic rings. The highest BCUT2D eigenvalue weighted by atomic mass is 32.2. The van der Waals surface area contributed by atoms with Crippen LogP contribution in [0.3, 0.4) is 0 Å². The van der Waals surface area contributed by atoms with E-state index in [1.54, 1.807) is 0 Å². The number of thiocarbonyl (C=S) groups is 1. The summed E-state index contributed by atoms with van der Waals surface area (Å²) < 4.78 is 0. The Balaban J connectivity index is 3.12. The molecule has 0 spiro atoms. The first-order valence-corrected chi connectivity index (χ1v) is 4.74. The van der Waals surface area contributed by atoms with Crippen LogP contribution in [0, 0.1) is 0 Å². The van der Waals surface area contributed by atoms with Gasteiger partial charge in [0.25, 0.3) is 0 Å². The Morgan fingerprint density at radius 2 is 2.33 bits per heavy atom. The van der Waals surface area contributed by atoms with Gasteiger partial charge in [-0.1, -0.05) is 24.0 Å². The molecule has 1 aromatic rings. The number of thioether (sulfide) groups is 1. The van der Waals surface area contributed by atoms with Crippen molar-refractivity contribution < 1.29 is 0 Å². The Morgan fingerprint density at radius 1 is 1.67 bits per heavy atom. The van der Waals surface area contributed by atoms with E-state index in [1.807, 2.05) is 6.26 Å². The van der Waals surface area contributed by atoms with Gasteiger partial charge in [0.2, 0.25) is 0 Å². The van der Waals surface area contributed by atoms with Crippen molar-refractivity contribution in [2.75, 3.05) is 12.0 Å². The van der Waals surface area contributed by atoms with Crippen molar-refractivity contribution in [1.82, 2.24) is 9.97 Å². The summed E-state index contributed by atoms with van der Waals surface area (Å²) in [5, 5.41) is 0.618. The fraction of sp³-hybridized carbons (Fsp3) is 0.167. The third-order valence-electron chi connectivity index (χ3n) is 1.24. The predicted octanol–water partition coefficient (Wildman–Crippen LogP) is 0.415. The number of nitrogens with zero attached hydrogens (tertiary/aromatic N) is 2. The molecule has 0 bridgehead atoms. The molecule has 0 saturated heterocycles. The maximum absolute atomic E-state index is 5.57. The molecule has 12 heavy (non-hydrogen) atoms. The average molecular weight is 200 g/mol. The summed E-state index contributed by atoms with van der Waals surface area (Å²) in [6.45, 7) is 0. The van der Waals surface area contributed by atoms with Crippen LogP contribution < -0.4 is 11.5 Å². The molecule has 0 aliphatic carbocycles. The zero-order valence-corrected chi connectivity index (χ0v) is 8.08. The molecule has 6 heteroatoms. The third kappa shape index (κ3) is 1.83. The van der Waals surface area contributed by atoms with Crippen molar-refractivity contribution in [3.63, 3.8) is 0 Å².